The number of aliphatic hydroxyl groups is 1. The highest BCUT2D eigenvalue weighted by Crippen LogP contribution is 2.30. The number of ether oxygens (including phenoxy) is 1. The van der Waals surface area contributed by atoms with Crippen LogP contribution in [0.3, 0.4) is 0 Å². The summed E-state index contributed by atoms with van der Waals surface area (Å²) in [7, 11) is 0. The molecule has 31 heavy (non-hydrogen) atoms. The van der Waals surface area contributed by atoms with Gasteiger partial charge in [0.25, 0.3) is 5.56 Å². The highest BCUT2D eigenvalue weighted by molar-refractivity contribution is 6.36. The van der Waals surface area contributed by atoms with E-state index >= 15 is 0 Å². The Bertz CT molecular complexity index is 1030. The van der Waals surface area contributed by atoms with Gasteiger partial charge in [-0.15, -0.1) is 0 Å². The molecule has 1 aliphatic rings. The van der Waals surface area contributed by atoms with Gasteiger partial charge in [0.2, 0.25) is 5.91 Å². The van der Waals surface area contributed by atoms with Crippen LogP contribution in [0.1, 0.15) is 43.5 Å². The lowest BCUT2D eigenvalue weighted by Gasteiger charge is -2.16. The van der Waals surface area contributed by atoms with E-state index in [-0.39, 0.29) is 18.7 Å². The van der Waals surface area contributed by atoms with Gasteiger partial charge in [-0.1, -0.05) is 36.2 Å². The van der Waals surface area contributed by atoms with Gasteiger partial charge in [-0.3, -0.25) is 19.1 Å². The molecule has 0 radical (unpaired) electrons. The van der Waals surface area contributed by atoms with Crippen molar-refractivity contribution in [2.24, 2.45) is 0 Å². The first-order valence-corrected chi connectivity index (χ1v) is 10.9. The lowest BCUT2D eigenvalue weighted by Crippen LogP contribution is -2.34. The van der Waals surface area contributed by atoms with Crippen molar-refractivity contribution in [2.45, 2.75) is 57.5 Å². The molecule has 8 nitrogen and oxygen atoms in total. The van der Waals surface area contributed by atoms with E-state index in [0.717, 1.165) is 0 Å². The van der Waals surface area contributed by atoms with Crippen LogP contribution >= 0.6 is 23.2 Å². The Morgan fingerprint density at radius 3 is 2.71 bits per heavy atom. The molecule has 2 aromatic rings. The number of amides is 1. The number of hydrogen-bond donors (Lipinski definition) is 3. The maximum Gasteiger partial charge on any atom is 0.330 e. The normalized spacial score (nSPS) is 20.7. The lowest BCUT2D eigenvalue weighted by molar-refractivity contribution is -0.120. The third kappa shape index (κ3) is 5.77. The maximum absolute atomic E-state index is 12.2. The van der Waals surface area contributed by atoms with Crippen LogP contribution in [0.4, 0.5) is 0 Å². The zero-order valence-corrected chi connectivity index (χ0v) is 18.6. The average Bonchev–Trinajstić information content (AvgIpc) is 3.08. The number of nitrogens with zero attached hydrogens (tertiary/aromatic N) is 1. The minimum absolute atomic E-state index is 0.0814. The van der Waals surface area contributed by atoms with E-state index < -0.39 is 29.7 Å². The van der Waals surface area contributed by atoms with Gasteiger partial charge in [0, 0.05) is 34.8 Å². The molecule has 0 saturated carbocycles. The number of aromatic nitrogens is 2. The van der Waals surface area contributed by atoms with Crippen LogP contribution in [-0.2, 0) is 22.4 Å². The molecule has 0 spiro atoms. The van der Waals surface area contributed by atoms with E-state index in [1.807, 2.05) is 6.92 Å². The van der Waals surface area contributed by atoms with E-state index in [9.17, 15) is 19.5 Å². The van der Waals surface area contributed by atoms with Crippen molar-refractivity contribution in [1.82, 2.24) is 14.9 Å². The minimum atomic E-state index is -0.744. The largest absolute Gasteiger partial charge is 0.390 e. The van der Waals surface area contributed by atoms with E-state index in [4.69, 9.17) is 27.9 Å². The van der Waals surface area contributed by atoms with Crippen molar-refractivity contribution < 1.29 is 14.6 Å². The van der Waals surface area contributed by atoms with Gasteiger partial charge >= 0.3 is 5.69 Å². The molecular formula is C21H25Cl2N3O5. The number of nitrogens with one attached hydrogen (secondary N) is 2. The van der Waals surface area contributed by atoms with Crippen LogP contribution in [0.2, 0.25) is 10.0 Å². The number of carbonyl (C=O) groups is 1. The van der Waals surface area contributed by atoms with Gasteiger partial charge < -0.3 is 15.2 Å². The van der Waals surface area contributed by atoms with Crippen LogP contribution in [0.15, 0.2) is 34.0 Å². The first-order valence-electron chi connectivity index (χ1n) is 10.2. The second kappa shape index (κ2) is 10.5. The fourth-order valence-corrected chi connectivity index (χ4v) is 4.13. The molecule has 1 saturated heterocycles. The summed E-state index contributed by atoms with van der Waals surface area (Å²) in [4.78, 5) is 38.3. The maximum atomic E-state index is 12.2. The molecule has 1 aromatic heterocycles. The Hall–Kier alpha value is -2.13. The molecule has 168 valence electrons. The zero-order chi connectivity index (χ0) is 22.5. The van der Waals surface area contributed by atoms with Crippen LogP contribution < -0.4 is 16.6 Å². The first-order chi connectivity index (χ1) is 14.8. The number of aromatic amines is 1. The number of hydrogen-bond acceptors (Lipinski definition) is 5. The smallest absolute Gasteiger partial charge is 0.330 e. The van der Waals surface area contributed by atoms with Gasteiger partial charge in [-0.25, -0.2) is 4.79 Å². The van der Waals surface area contributed by atoms with E-state index in [1.54, 1.807) is 18.2 Å². The van der Waals surface area contributed by atoms with Gasteiger partial charge in [-0.05, 0) is 37.0 Å². The summed E-state index contributed by atoms with van der Waals surface area (Å²) in [5.41, 5.74) is 0.0826. The Balaban J connectivity index is 1.49. The van der Waals surface area contributed by atoms with Crippen molar-refractivity contribution in [1.29, 1.82) is 0 Å². The van der Waals surface area contributed by atoms with E-state index in [1.165, 1.54) is 10.8 Å². The number of benzene rings is 1. The molecular weight excluding hydrogens is 445 g/mol. The summed E-state index contributed by atoms with van der Waals surface area (Å²) in [6.07, 6.45) is 1.52. The van der Waals surface area contributed by atoms with Crippen LogP contribution in [0.5, 0.6) is 0 Å². The van der Waals surface area contributed by atoms with Crippen LogP contribution in [0, 0.1) is 0 Å². The summed E-state index contributed by atoms with van der Waals surface area (Å²) < 4.78 is 7.18. The van der Waals surface area contributed by atoms with Crippen molar-refractivity contribution in [3.05, 3.63) is 66.4 Å². The Kier molecular flexibility index (Phi) is 7.94. The molecule has 2 heterocycles. The molecule has 0 bridgehead atoms. The first kappa shape index (κ1) is 23.5. The highest BCUT2D eigenvalue weighted by Gasteiger charge is 2.35. The molecule has 1 amide bonds. The number of halogens is 2. The summed E-state index contributed by atoms with van der Waals surface area (Å²) in [5.74, 6) is -0.201. The summed E-state index contributed by atoms with van der Waals surface area (Å²) in [6.45, 7) is 2.22. The lowest BCUT2D eigenvalue weighted by atomic mass is 10.1. The summed E-state index contributed by atoms with van der Waals surface area (Å²) in [5, 5.41) is 14.0. The average molecular weight is 470 g/mol. The van der Waals surface area contributed by atoms with Gasteiger partial charge in [-0.2, -0.15) is 0 Å². The zero-order valence-electron chi connectivity index (χ0n) is 17.1. The van der Waals surface area contributed by atoms with Gasteiger partial charge in [0.05, 0.1) is 18.6 Å². The molecule has 1 fully saturated rings. The highest BCUT2D eigenvalue weighted by atomic mass is 35.5. The quantitative estimate of drug-likeness (QED) is 0.512. The third-order valence-corrected chi connectivity index (χ3v) is 6.03. The monoisotopic (exact) mass is 469 g/mol. The van der Waals surface area contributed by atoms with Crippen LogP contribution in [0.25, 0.3) is 0 Å². The minimum Gasteiger partial charge on any atom is -0.390 e. The standard InChI is InChI=1S/C21H25Cl2N3O5/c1-2-12-11-26(21(30)25-20(12)29)19-10-16(27)17(31-19)7-4-8-24-18(28)9-13-14(22)5-3-6-15(13)23/h3,5-6,11,16-17,19,27H,2,4,7-10H2,1H3,(H,24,28)(H,25,29,30)/t16-,17+,19+/m0/s1. The Labute approximate surface area is 189 Å². The number of aryl methyl sites for hydroxylation is 1. The van der Waals surface area contributed by atoms with Crippen LogP contribution in [-0.4, -0.2) is 39.3 Å². The van der Waals surface area contributed by atoms with E-state index in [2.05, 4.69) is 10.3 Å². The Morgan fingerprint density at radius 2 is 2.03 bits per heavy atom. The van der Waals surface area contributed by atoms with Crippen molar-refractivity contribution >= 4 is 29.1 Å². The van der Waals surface area contributed by atoms with Crippen molar-refractivity contribution in [2.75, 3.05) is 6.54 Å². The number of rotatable bonds is 8. The molecule has 3 rings (SSSR count). The fraction of sp³-hybridized carbons (Fsp3) is 0.476. The molecule has 3 atom stereocenters. The van der Waals surface area contributed by atoms with Crippen molar-refractivity contribution in [3.8, 4) is 0 Å². The third-order valence-electron chi connectivity index (χ3n) is 5.32. The number of carbonyl (C=O) groups excluding carboxylic acids is 1. The molecule has 1 aromatic carbocycles. The summed E-state index contributed by atoms with van der Waals surface area (Å²) >= 11 is 12.2. The molecule has 0 aliphatic carbocycles. The predicted molar refractivity (Wildman–Crippen MR) is 118 cm³/mol. The summed E-state index contributed by atoms with van der Waals surface area (Å²) in [6, 6.07) is 5.08. The fourth-order valence-electron chi connectivity index (χ4n) is 3.59. The van der Waals surface area contributed by atoms with Crippen molar-refractivity contribution in [3.63, 3.8) is 0 Å². The van der Waals surface area contributed by atoms with E-state index in [0.29, 0.717) is 47.0 Å². The second-order valence-electron chi connectivity index (χ2n) is 7.48. The molecule has 3 N–H and O–H groups in total. The number of aliphatic hydroxyl groups excluding tert-OH is 1. The molecule has 0 unspecified atom stereocenters. The predicted octanol–water partition coefficient (Wildman–Crippen LogP) is 2.19. The van der Waals surface area contributed by atoms with Gasteiger partial charge in [0.1, 0.15) is 6.23 Å². The topological polar surface area (TPSA) is 113 Å². The number of H-pyrrole nitrogens is 1. The Morgan fingerprint density at radius 1 is 1.32 bits per heavy atom. The second-order valence-corrected chi connectivity index (χ2v) is 8.29. The molecule has 1 aliphatic heterocycles. The van der Waals surface area contributed by atoms with Gasteiger partial charge in [0.15, 0.2) is 0 Å². The molecule has 10 heteroatoms. The SMILES string of the molecule is CCc1cn([C@H]2C[C@H](O)[C@@H](CCCNC(=O)Cc3c(Cl)cccc3Cl)O2)c(=O)[nH]c1=O.